The molecule has 1 atom stereocenters. The maximum atomic E-state index is 14.1. The second kappa shape index (κ2) is 12.1. The van der Waals surface area contributed by atoms with Crippen LogP contribution >= 0.6 is 0 Å². The quantitative estimate of drug-likeness (QED) is 0.103. The SMILES string of the molecule is COc1ccc2ccccc2c1-c1c(C(=O)OC(CNCOc2ccccc2C2CC2)C(C)(C)C)ccc2ccccc12. The number of carbonyl (C=O) groups is 1. The number of nitrogens with one attached hydrogen (secondary N) is 1. The third-order valence-electron chi connectivity index (χ3n) is 8.32. The van der Waals surface area contributed by atoms with Crippen LogP contribution < -0.4 is 14.8 Å². The first kappa shape index (κ1) is 28.8. The molecule has 0 saturated heterocycles. The fourth-order valence-corrected chi connectivity index (χ4v) is 5.77. The molecule has 6 rings (SSSR count). The zero-order chi connectivity index (χ0) is 30.0. The molecule has 5 aromatic rings. The van der Waals surface area contributed by atoms with E-state index in [0.29, 0.717) is 30.5 Å². The number of benzene rings is 5. The van der Waals surface area contributed by atoms with Crippen molar-refractivity contribution in [1.29, 1.82) is 0 Å². The second-order valence-corrected chi connectivity index (χ2v) is 12.4. The van der Waals surface area contributed by atoms with E-state index in [2.05, 4.69) is 62.5 Å². The zero-order valence-corrected chi connectivity index (χ0v) is 25.4. The van der Waals surface area contributed by atoms with Gasteiger partial charge in [-0.3, -0.25) is 5.32 Å². The van der Waals surface area contributed by atoms with Gasteiger partial charge in [0, 0.05) is 23.1 Å². The minimum atomic E-state index is -0.393. The van der Waals surface area contributed by atoms with Gasteiger partial charge in [0.05, 0.1) is 12.7 Å². The molecule has 1 fully saturated rings. The summed E-state index contributed by atoms with van der Waals surface area (Å²) in [7, 11) is 1.67. The van der Waals surface area contributed by atoms with Gasteiger partial charge >= 0.3 is 5.97 Å². The van der Waals surface area contributed by atoms with Crippen LogP contribution in [0.3, 0.4) is 0 Å². The van der Waals surface area contributed by atoms with E-state index in [1.807, 2.05) is 60.7 Å². The molecule has 43 heavy (non-hydrogen) atoms. The number of ether oxygens (including phenoxy) is 3. The lowest BCUT2D eigenvalue weighted by Gasteiger charge is -2.31. The first-order valence-corrected chi connectivity index (χ1v) is 15.1. The lowest BCUT2D eigenvalue weighted by molar-refractivity contribution is -0.00369. The Morgan fingerprint density at radius 2 is 1.42 bits per heavy atom. The van der Waals surface area contributed by atoms with Crippen LogP contribution in [0.2, 0.25) is 0 Å². The largest absolute Gasteiger partial charge is 0.496 e. The number of rotatable bonds is 10. The number of methoxy groups -OCH3 is 1. The highest BCUT2D eigenvalue weighted by molar-refractivity contribution is 6.14. The summed E-state index contributed by atoms with van der Waals surface area (Å²) in [5.41, 5.74) is 3.19. The standard InChI is InChI=1S/C38H39NO4/c1-38(2,3)34(23-39-24-42-32-16-10-9-13-28(32)27-17-18-27)43-37(40)31-21-19-25-11-5-7-14-29(25)35(31)36-30-15-8-6-12-26(30)20-22-33(36)41-4/h5-16,19-22,27,34,39H,17-18,23-24H2,1-4H3. The molecule has 0 radical (unpaired) electrons. The van der Waals surface area contributed by atoms with Crippen LogP contribution in [0.5, 0.6) is 11.5 Å². The van der Waals surface area contributed by atoms with Crippen molar-refractivity contribution in [3.05, 3.63) is 108 Å². The maximum Gasteiger partial charge on any atom is 0.339 e. The smallest absolute Gasteiger partial charge is 0.339 e. The van der Waals surface area contributed by atoms with Gasteiger partial charge in [-0.05, 0) is 64.1 Å². The van der Waals surface area contributed by atoms with E-state index in [4.69, 9.17) is 14.2 Å². The minimum Gasteiger partial charge on any atom is -0.496 e. The Hall–Kier alpha value is -4.35. The lowest BCUT2D eigenvalue weighted by atomic mass is 9.88. The van der Waals surface area contributed by atoms with Crippen LogP contribution in [0.4, 0.5) is 0 Å². The molecule has 5 aromatic carbocycles. The second-order valence-electron chi connectivity index (χ2n) is 12.4. The molecule has 1 unspecified atom stereocenters. The van der Waals surface area contributed by atoms with E-state index in [-0.39, 0.29) is 11.4 Å². The predicted molar refractivity (Wildman–Crippen MR) is 174 cm³/mol. The molecule has 0 amide bonds. The molecule has 0 aliphatic heterocycles. The highest BCUT2D eigenvalue weighted by Gasteiger charge is 2.31. The molecule has 0 heterocycles. The molecule has 0 bridgehead atoms. The first-order chi connectivity index (χ1) is 20.8. The molecule has 0 aromatic heterocycles. The number of hydrogen-bond donors (Lipinski definition) is 1. The molecular formula is C38H39NO4. The van der Waals surface area contributed by atoms with Gasteiger partial charge in [-0.1, -0.05) is 99.6 Å². The van der Waals surface area contributed by atoms with Gasteiger partial charge in [0.2, 0.25) is 0 Å². The van der Waals surface area contributed by atoms with Crippen LogP contribution in [0.1, 0.15) is 55.5 Å². The van der Waals surface area contributed by atoms with Gasteiger partial charge < -0.3 is 14.2 Å². The van der Waals surface area contributed by atoms with Gasteiger partial charge in [-0.15, -0.1) is 0 Å². The Morgan fingerprint density at radius 3 is 2.09 bits per heavy atom. The summed E-state index contributed by atoms with van der Waals surface area (Å²) in [5, 5.41) is 7.49. The average molecular weight is 574 g/mol. The van der Waals surface area contributed by atoms with Crippen molar-refractivity contribution >= 4 is 27.5 Å². The third-order valence-corrected chi connectivity index (χ3v) is 8.32. The van der Waals surface area contributed by atoms with E-state index in [0.717, 1.165) is 38.4 Å². The lowest BCUT2D eigenvalue weighted by Crippen LogP contribution is -2.41. The number of fused-ring (bicyclic) bond motifs is 2. The molecule has 220 valence electrons. The number of hydrogen-bond acceptors (Lipinski definition) is 5. The highest BCUT2D eigenvalue weighted by atomic mass is 16.5. The Labute approximate surface area is 253 Å². The zero-order valence-electron chi connectivity index (χ0n) is 25.4. The fourth-order valence-electron chi connectivity index (χ4n) is 5.77. The fraction of sp³-hybridized carbons (Fsp3) is 0.289. The molecule has 1 N–H and O–H groups in total. The molecule has 1 aliphatic carbocycles. The highest BCUT2D eigenvalue weighted by Crippen LogP contribution is 2.44. The van der Waals surface area contributed by atoms with Gasteiger partial charge in [-0.2, -0.15) is 0 Å². The number of carbonyl (C=O) groups excluding carboxylic acids is 1. The Morgan fingerprint density at radius 1 is 0.791 bits per heavy atom. The summed E-state index contributed by atoms with van der Waals surface area (Å²) in [6.45, 7) is 7.06. The van der Waals surface area contributed by atoms with Gasteiger partial charge in [0.1, 0.15) is 24.3 Å². The van der Waals surface area contributed by atoms with Crippen LogP contribution in [-0.2, 0) is 4.74 Å². The van der Waals surface area contributed by atoms with Crippen LogP contribution in [0.25, 0.3) is 32.7 Å². The van der Waals surface area contributed by atoms with Gasteiger partial charge in [-0.25, -0.2) is 4.79 Å². The topological polar surface area (TPSA) is 56.8 Å². The molecule has 0 spiro atoms. The normalized spacial score (nSPS) is 14.0. The summed E-state index contributed by atoms with van der Waals surface area (Å²) >= 11 is 0. The van der Waals surface area contributed by atoms with E-state index in [9.17, 15) is 4.79 Å². The van der Waals surface area contributed by atoms with E-state index >= 15 is 0 Å². The van der Waals surface area contributed by atoms with Crippen molar-refractivity contribution in [2.24, 2.45) is 5.41 Å². The minimum absolute atomic E-state index is 0.303. The Balaban J connectivity index is 1.30. The van der Waals surface area contributed by atoms with Gasteiger partial charge in [0.25, 0.3) is 0 Å². The van der Waals surface area contributed by atoms with Crippen LogP contribution in [0, 0.1) is 5.41 Å². The number of para-hydroxylation sites is 1. The van der Waals surface area contributed by atoms with Crippen molar-refractivity contribution in [1.82, 2.24) is 5.32 Å². The van der Waals surface area contributed by atoms with Crippen molar-refractivity contribution in [3.8, 4) is 22.6 Å². The first-order valence-electron chi connectivity index (χ1n) is 15.1. The molecule has 5 heteroatoms. The summed E-state index contributed by atoms with van der Waals surface area (Å²) in [6, 6.07) is 32.5. The Kier molecular flexibility index (Phi) is 8.09. The van der Waals surface area contributed by atoms with Crippen molar-refractivity contribution in [2.45, 2.75) is 45.6 Å². The summed E-state index contributed by atoms with van der Waals surface area (Å²) in [6.07, 6.45) is 2.05. The predicted octanol–water partition coefficient (Wildman–Crippen LogP) is 8.74. The molecule has 5 nitrogen and oxygen atoms in total. The van der Waals surface area contributed by atoms with Crippen molar-refractivity contribution in [2.75, 3.05) is 20.4 Å². The summed E-state index contributed by atoms with van der Waals surface area (Å²) in [5.74, 6) is 1.88. The summed E-state index contributed by atoms with van der Waals surface area (Å²) < 4.78 is 18.3. The molecular weight excluding hydrogens is 534 g/mol. The van der Waals surface area contributed by atoms with Crippen molar-refractivity contribution in [3.63, 3.8) is 0 Å². The van der Waals surface area contributed by atoms with Crippen molar-refractivity contribution < 1.29 is 19.0 Å². The van der Waals surface area contributed by atoms with E-state index < -0.39 is 6.10 Å². The van der Waals surface area contributed by atoms with Crippen LogP contribution in [0.15, 0.2) is 97.1 Å². The average Bonchev–Trinajstić information content (AvgIpc) is 3.87. The van der Waals surface area contributed by atoms with Gasteiger partial charge in [0.15, 0.2) is 0 Å². The number of esters is 1. The third kappa shape index (κ3) is 6.09. The summed E-state index contributed by atoms with van der Waals surface area (Å²) in [4.78, 5) is 14.1. The van der Waals surface area contributed by atoms with E-state index in [1.54, 1.807) is 7.11 Å². The molecule has 1 aliphatic rings. The monoisotopic (exact) mass is 573 g/mol. The molecule has 1 saturated carbocycles. The van der Waals surface area contributed by atoms with Crippen LogP contribution in [-0.4, -0.2) is 32.5 Å². The maximum absolute atomic E-state index is 14.1. The van der Waals surface area contributed by atoms with E-state index in [1.165, 1.54) is 18.4 Å². The Bertz CT molecular complexity index is 1770.